The summed E-state index contributed by atoms with van der Waals surface area (Å²) in [5.74, 6) is 0.717. The third-order valence-electron chi connectivity index (χ3n) is 3.58. The molecule has 1 aliphatic rings. The number of aliphatic hydroxyl groups is 1. The first-order valence-electron chi connectivity index (χ1n) is 6.35. The highest BCUT2D eigenvalue weighted by Crippen LogP contribution is 2.31. The van der Waals surface area contributed by atoms with Crippen LogP contribution in [0.25, 0.3) is 0 Å². The number of ether oxygens (including phenoxy) is 1. The second-order valence-electron chi connectivity index (χ2n) is 5.12. The molecule has 0 saturated carbocycles. The monoisotopic (exact) mass is 251 g/mol. The summed E-state index contributed by atoms with van der Waals surface area (Å²) in [5, 5.41) is 9.67. The first kappa shape index (κ1) is 13.2. The van der Waals surface area contributed by atoms with Crippen molar-refractivity contribution in [1.29, 1.82) is 0 Å². The molecule has 100 valence electrons. The van der Waals surface area contributed by atoms with E-state index < -0.39 is 0 Å². The second-order valence-corrected chi connectivity index (χ2v) is 5.12. The van der Waals surface area contributed by atoms with Gasteiger partial charge in [0.15, 0.2) is 0 Å². The largest absolute Gasteiger partial charge is 0.396 e. The summed E-state index contributed by atoms with van der Waals surface area (Å²) in [4.78, 5) is 10.7. The van der Waals surface area contributed by atoms with Crippen LogP contribution >= 0.6 is 0 Å². The molecule has 5 heteroatoms. The number of aromatic nitrogens is 2. The van der Waals surface area contributed by atoms with Crippen LogP contribution in [0.15, 0.2) is 12.3 Å². The van der Waals surface area contributed by atoms with Crippen molar-refractivity contribution in [1.82, 2.24) is 9.97 Å². The van der Waals surface area contributed by atoms with Crippen molar-refractivity contribution in [2.45, 2.75) is 19.8 Å². The minimum absolute atomic E-state index is 0.0832. The Morgan fingerprint density at radius 3 is 2.78 bits per heavy atom. The molecule has 2 heterocycles. The molecule has 1 N–H and O–H groups in total. The van der Waals surface area contributed by atoms with E-state index in [2.05, 4.69) is 9.97 Å². The molecule has 1 aromatic heterocycles. The maximum Gasteiger partial charge on any atom is 0.225 e. The number of rotatable bonds is 4. The molecule has 0 aliphatic carbocycles. The maximum atomic E-state index is 9.67. The molecule has 1 saturated heterocycles. The Morgan fingerprint density at radius 2 is 2.17 bits per heavy atom. The van der Waals surface area contributed by atoms with E-state index >= 15 is 0 Å². The van der Waals surface area contributed by atoms with E-state index in [1.54, 1.807) is 6.20 Å². The lowest BCUT2D eigenvalue weighted by Gasteiger charge is -2.38. The van der Waals surface area contributed by atoms with Gasteiger partial charge in [-0.2, -0.15) is 0 Å². The Morgan fingerprint density at radius 1 is 1.44 bits per heavy atom. The van der Waals surface area contributed by atoms with Crippen molar-refractivity contribution >= 4 is 5.95 Å². The van der Waals surface area contributed by atoms with Crippen LogP contribution in [0.1, 0.15) is 18.5 Å². The van der Waals surface area contributed by atoms with Gasteiger partial charge in [0.1, 0.15) is 0 Å². The number of anilines is 1. The first-order valence-corrected chi connectivity index (χ1v) is 6.35. The lowest BCUT2D eigenvalue weighted by atomic mass is 9.80. The predicted molar refractivity (Wildman–Crippen MR) is 69.6 cm³/mol. The Balaban J connectivity index is 2.07. The molecular weight excluding hydrogens is 230 g/mol. The Labute approximate surface area is 108 Å². The van der Waals surface area contributed by atoms with Gasteiger partial charge in [-0.3, -0.25) is 0 Å². The average Bonchev–Trinajstić information content (AvgIpc) is 2.40. The van der Waals surface area contributed by atoms with E-state index in [1.165, 1.54) is 0 Å². The van der Waals surface area contributed by atoms with Gasteiger partial charge in [0.25, 0.3) is 0 Å². The van der Waals surface area contributed by atoms with E-state index in [9.17, 15) is 5.11 Å². The molecule has 0 atom stereocenters. The summed E-state index contributed by atoms with van der Waals surface area (Å²) in [6.45, 7) is 4.35. The van der Waals surface area contributed by atoms with Gasteiger partial charge >= 0.3 is 0 Å². The van der Waals surface area contributed by atoms with Crippen molar-refractivity contribution < 1.29 is 9.84 Å². The van der Waals surface area contributed by atoms with Gasteiger partial charge in [-0.05, 0) is 25.8 Å². The summed E-state index contributed by atoms with van der Waals surface area (Å²) in [5.41, 5.74) is 0.872. The van der Waals surface area contributed by atoms with Gasteiger partial charge in [-0.25, -0.2) is 9.97 Å². The van der Waals surface area contributed by atoms with Crippen LogP contribution < -0.4 is 4.90 Å². The Kier molecular flexibility index (Phi) is 4.14. The van der Waals surface area contributed by atoms with Crippen molar-refractivity contribution in [2.24, 2.45) is 5.41 Å². The van der Waals surface area contributed by atoms with E-state index in [4.69, 9.17) is 4.74 Å². The molecule has 0 unspecified atom stereocenters. The molecule has 0 radical (unpaired) electrons. The molecule has 0 amide bonds. The number of aryl methyl sites for hydroxylation is 1. The van der Waals surface area contributed by atoms with Crippen molar-refractivity contribution in [3.8, 4) is 0 Å². The van der Waals surface area contributed by atoms with Gasteiger partial charge < -0.3 is 14.7 Å². The fourth-order valence-electron chi connectivity index (χ4n) is 2.36. The molecule has 0 aromatic carbocycles. The number of hydrogen-bond acceptors (Lipinski definition) is 5. The fraction of sp³-hybridized carbons (Fsp3) is 0.692. The summed E-state index contributed by atoms with van der Waals surface area (Å²) in [6, 6.07) is 1.88. The molecule has 1 fully saturated rings. The third-order valence-corrected chi connectivity index (χ3v) is 3.58. The van der Waals surface area contributed by atoms with E-state index in [0.717, 1.165) is 38.3 Å². The highest BCUT2D eigenvalue weighted by atomic mass is 16.5. The van der Waals surface area contributed by atoms with Crippen LogP contribution in [-0.2, 0) is 4.74 Å². The SMILES string of the molecule is Cc1ccnc(N(C)CC2(CO)CCOCC2)n1. The minimum Gasteiger partial charge on any atom is -0.396 e. The van der Waals surface area contributed by atoms with Crippen LogP contribution in [0.2, 0.25) is 0 Å². The van der Waals surface area contributed by atoms with E-state index in [1.807, 2.05) is 24.9 Å². The van der Waals surface area contributed by atoms with Crippen LogP contribution in [0.3, 0.4) is 0 Å². The van der Waals surface area contributed by atoms with E-state index in [0.29, 0.717) is 5.95 Å². The van der Waals surface area contributed by atoms with E-state index in [-0.39, 0.29) is 12.0 Å². The summed E-state index contributed by atoms with van der Waals surface area (Å²) in [7, 11) is 1.97. The predicted octanol–water partition coefficient (Wildman–Crippen LogP) is 1.01. The van der Waals surface area contributed by atoms with Crippen molar-refractivity contribution in [3.05, 3.63) is 18.0 Å². The highest BCUT2D eigenvalue weighted by Gasteiger charge is 2.33. The highest BCUT2D eigenvalue weighted by molar-refractivity contribution is 5.29. The van der Waals surface area contributed by atoms with Crippen LogP contribution in [0.4, 0.5) is 5.95 Å². The molecule has 0 bridgehead atoms. The zero-order valence-electron chi connectivity index (χ0n) is 11.1. The number of aliphatic hydroxyl groups excluding tert-OH is 1. The zero-order chi connectivity index (χ0) is 13.0. The molecule has 0 spiro atoms. The van der Waals surface area contributed by atoms with Crippen molar-refractivity contribution in [2.75, 3.05) is 38.3 Å². The quantitative estimate of drug-likeness (QED) is 0.865. The molecular formula is C13H21N3O2. The van der Waals surface area contributed by atoms with Gasteiger partial charge in [0.05, 0.1) is 6.61 Å². The Hall–Kier alpha value is -1.20. The normalized spacial score (nSPS) is 18.6. The molecule has 2 rings (SSSR count). The zero-order valence-corrected chi connectivity index (χ0v) is 11.1. The minimum atomic E-state index is -0.0832. The fourth-order valence-corrected chi connectivity index (χ4v) is 2.36. The molecule has 5 nitrogen and oxygen atoms in total. The lowest BCUT2D eigenvalue weighted by molar-refractivity contribution is -0.0114. The van der Waals surface area contributed by atoms with Gasteiger partial charge in [0, 0.05) is 44.1 Å². The van der Waals surface area contributed by atoms with Gasteiger partial charge in [-0.15, -0.1) is 0 Å². The topological polar surface area (TPSA) is 58.5 Å². The molecule has 1 aliphatic heterocycles. The second kappa shape index (κ2) is 5.63. The van der Waals surface area contributed by atoms with Crippen LogP contribution in [-0.4, -0.2) is 48.5 Å². The first-order chi connectivity index (χ1) is 8.65. The number of nitrogens with zero attached hydrogens (tertiary/aromatic N) is 3. The Bertz CT molecular complexity index is 392. The van der Waals surface area contributed by atoms with Crippen LogP contribution in [0.5, 0.6) is 0 Å². The standard InChI is InChI=1S/C13H21N3O2/c1-11-3-6-14-12(15-11)16(2)9-13(10-17)4-7-18-8-5-13/h3,6,17H,4-5,7-10H2,1-2H3. The summed E-state index contributed by atoms with van der Waals surface area (Å²) < 4.78 is 5.37. The lowest BCUT2D eigenvalue weighted by Crippen LogP contribution is -2.43. The third kappa shape index (κ3) is 2.97. The molecule has 18 heavy (non-hydrogen) atoms. The maximum absolute atomic E-state index is 9.67. The molecule has 1 aromatic rings. The van der Waals surface area contributed by atoms with Crippen molar-refractivity contribution in [3.63, 3.8) is 0 Å². The smallest absolute Gasteiger partial charge is 0.225 e. The van der Waals surface area contributed by atoms with Gasteiger partial charge in [-0.1, -0.05) is 0 Å². The summed E-state index contributed by atoms with van der Waals surface area (Å²) >= 11 is 0. The average molecular weight is 251 g/mol. The number of hydrogen-bond donors (Lipinski definition) is 1. The van der Waals surface area contributed by atoms with Gasteiger partial charge in [0.2, 0.25) is 5.95 Å². The summed E-state index contributed by atoms with van der Waals surface area (Å²) in [6.07, 6.45) is 3.54. The van der Waals surface area contributed by atoms with Crippen LogP contribution in [0, 0.1) is 12.3 Å².